The van der Waals surface area contributed by atoms with Gasteiger partial charge < -0.3 is 25.2 Å². The van der Waals surface area contributed by atoms with Crippen LogP contribution in [0.5, 0.6) is 0 Å². The average molecular weight is 274 g/mol. The predicted octanol–water partition coefficient (Wildman–Crippen LogP) is -1.20. The first-order chi connectivity index (χ1) is 8.97. The summed E-state index contributed by atoms with van der Waals surface area (Å²) in [6.45, 7) is 2.97. The summed E-state index contributed by atoms with van der Waals surface area (Å²) in [4.78, 5) is 22.4. The predicted molar refractivity (Wildman–Crippen MR) is 67.5 cm³/mol. The summed E-state index contributed by atoms with van der Waals surface area (Å²) in [6, 6.07) is -0.744. The zero-order valence-corrected chi connectivity index (χ0v) is 11.4. The number of amides is 1. The van der Waals surface area contributed by atoms with Crippen molar-refractivity contribution in [3.8, 4) is 0 Å². The Morgan fingerprint density at radius 2 is 2.05 bits per heavy atom. The Labute approximate surface area is 112 Å². The van der Waals surface area contributed by atoms with E-state index in [9.17, 15) is 14.7 Å². The van der Waals surface area contributed by atoms with Gasteiger partial charge in [0.25, 0.3) is 0 Å². The van der Waals surface area contributed by atoms with Gasteiger partial charge in [-0.25, -0.2) is 4.79 Å². The molecule has 1 fully saturated rings. The second-order valence-corrected chi connectivity index (χ2v) is 4.74. The molecule has 0 aromatic rings. The summed E-state index contributed by atoms with van der Waals surface area (Å²) < 4.78 is 9.79. The van der Waals surface area contributed by atoms with Crippen LogP contribution in [0.25, 0.3) is 0 Å². The second-order valence-electron chi connectivity index (χ2n) is 4.74. The maximum Gasteiger partial charge on any atom is 0.329 e. The molecule has 7 heteroatoms. The first kappa shape index (κ1) is 15.9. The van der Waals surface area contributed by atoms with Gasteiger partial charge in [-0.05, 0) is 0 Å². The molecule has 1 unspecified atom stereocenters. The van der Waals surface area contributed by atoms with Gasteiger partial charge in [-0.2, -0.15) is 0 Å². The van der Waals surface area contributed by atoms with Crippen LogP contribution in [0.4, 0.5) is 0 Å². The van der Waals surface area contributed by atoms with E-state index >= 15 is 0 Å². The van der Waals surface area contributed by atoms with E-state index in [0.29, 0.717) is 32.6 Å². The van der Waals surface area contributed by atoms with Crippen LogP contribution in [-0.4, -0.2) is 62.0 Å². The number of hydrogen-bond donors (Lipinski definition) is 3. The summed E-state index contributed by atoms with van der Waals surface area (Å²) >= 11 is 0. The van der Waals surface area contributed by atoms with Gasteiger partial charge in [0, 0.05) is 46.1 Å². The fourth-order valence-electron chi connectivity index (χ4n) is 1.96. The highest BCUT2D eigenvalue weighted by Gasteiger charge is 2.30. The molecule has 1 amide bonds. The summed E-state index contributed by atoms with van der Waals surface area (Å²) in [5.41, 5.74) is -0.810. The Morgan fingerprint density at radius 1 is 1.42 bits per heavy atom. The SMILES string of the molecule is COC(=O)C(CNCC1(O)CCOCC1)NC(C)=O. The highest BCUT2D eigenvalue weighted by Crippen LogP contribution is 2.19. The molecule has 110 valence electrons. The number of esters is 1. The number of methoxy groups -OCH3 is 1. The molecule has 0 aliphatic carbocycles. The van der Waals surface area contributed by atoms with Crippen molar-refractivity contribution in [2.75, 3.05) is 33.4 Å². The normalized spacial score (nSPS) is 19.5. The molecule has 0 aromatic heterocycles. The third-order valence-corrected chi connectivity index (χ3v) is 3.09. The highest BCUT2D eigenvalue weighted by atomic mass is 16.5. The summed E-state index contributed by atoms with van der Waals surface area (Å²) in [5.74, 6) is -0.816. The molecular formula is C12H22N2O5. The lowest BCUT2D eigenvalue weighted by Gasteiger charge is -2.32. The minimum absolute atomic E-state index is 0.218. The molecule has 1 rings (SSSR count). The molecule has 0 radical (unpaired) electrons. The number of rotatable bonds is 6. The third kappa shape index (κ3) is 5.54. The summed E-state index contributed by atoms with van der Waals surface area (Å²) in [5, 5.41) is 15.7. The van der Waals surface area contributed by atoms with Crippen molar-refractivity contribution in [2.24, 2.45) is 0 Å². The van der Waals surface area contributed by atoms with Crippen LogP contribution in [0.1, 0.15) is 19.8 Å². The molecule has 0 spiro atoms. The lowest BCUT2D eigenvalue weighted by Crippen LogP contribution is -2.51. The summed E-state index contributed by atoms with van der Waals surface area (Å²) in [7, 11) is 1.27. The summed E-state index contributed by atoms with van der Waals surface area (Å²) in [6.07, 6.45) is 1.12. The van der Waals surface area contributed by atoms with Crippen LogP contribution in [0, 0.1) is 0 Å². The standard InChI is InChI=1S/C12H22N2O5/c1-9(15)14-10(11(16)18-2)7-13-8-12(17)3-5-19-6-4-12/h10,13,17H,3-8H2,1-2H3,(H,14,15). The average Bonchev–Trinajstić information content (AvgIpc) is 2.37. The van der Waals surface area contributed by atoms with Crippen LogP contribution >= 0.6 is 0 Å². The lowest BCUT2D eigenvalue weighted by molar-refractivity contribution is -0.144. The van der Waals surface area contributed by atoms with Crippen molar-refractivity contribution in [3.05, 3.63) is 0 Å². The smallest absolute Gasteiger partial charge is 0.329 e. The minimum Gasteiger partial charge on any atom is -0.467 e. The number of carbonyl (C=O) groups is 2. The Kier molecular flexibility index (Phi) is 6.20. The monoisotopic (exact) mass is 274 g/mol. The van der Waals surface area contributed by atoms with Crippen LogP contribution in [-0.2, 0) is 19.1 Å². The van der Waals surface area contributed by atoms with E-state index < -0.39 is 17.6 Å². The molecule has 0 saturated carbocycles. The van der Waals surface area contributed by atoms with Crippen LogP contribution in [0.3, 0.4) is 0 Å². The van der Waals surface area contributed by atoms with Gasteiger partial charge in [-0.1, -0.05) is 0 Å². The number of hydrogen-bond acceptors (Lipinski definition) is 6. The molecule has 3 N–H and O–H groups in total. The van der Waals surface area contributed by atoms with Gasteiger partial charge in [0.15, 0.2) is 0 Å². The first-order valence-electron chi connectivity index (χ1n) is 6.32. The molecule has 1 aliphatic rings. The van der Waals surface area contributed by atoms with Crippen molar-refractivity contribution < 1.29 is 24.2 Å². The van der Waals surface area contributed by atoms with Gasteiger partial charge in [0.05, 0.1) is 12.7 Å². The van der Waals surface area contributed by atoms with E-state index in [4.69, 9.17) is 4.74 Å². The molecular weight excluding hydrogens is 252 g/mol. The van der Waals surface area contributed by atoms with Gasteiger partial charge in [0.2, 0.25) is 5.91 Å². The molecule has 19 heavy (non-hydrogen) atoms. The molecule has 0 aromatic carbocycles. The van der Waals surface area contributed by atoms with Crippen molar-refractivity contribution >= 4 is 11.9 Å². The molecule has 1 atom stereocenters. The van der Waals surface area contributed by atoms with Gasteiger partial charge in [-0.15, -0.1) is 0 Å². The Hall–Kier alpha value is -1.18. The van der Waals surface area contributed by atoms with Gasteiger partial charge in [0.1, 0.15) is 6.04 Å². The van der Waals surface area contributed by atoms with Crippen molar-refractivity contribution in [1.29, 1.82) is 0 Å². The molecule has 0 bridgehead atoms. The molecule has 1 saturated heterocycles. The van der Waals surface area contributed by atoms with E-state index in [1.54, 1.807) is 0 Å². The largest absolute Gasteiger partial charge is 0.467 e. The Bertz CT molecular complexity index is 315. The Morgan fingerprint density at radius 3 is 2.58 bits per heavy atom. The highest BCUT2D eigenvalue weighted by molar-refractivity contribution is 5.83. The van der Waals surface area contributed by atoms with E-state index in [0.717, 1.165) is 0 Å². The van der Waals surface area contributed by atoms with Crippen LogP contribution in [0.15, 0.2) is 0 Å². The molecule has 1 heterocycles. The van der Waals surface area contributed by atoms with Crippen LogP contribution in [0.2, 0.25) is 0 Å². The zero-order valence-electron chi connectivity index (χ0n) is 11.4. The van der Waals surface area contributed by atoms with Crippen molar-refractivity contribution in [1.82, 2.24) is 10.6 Å². The van der Waals surface area contributed by atoms with E-state index in [1.807, 2.05) is 0 Å². The third-order valence-electron chi connectivity index (χ3n) is 3.09. The maximum absolute atomic E-state index is 11.5. The maximum atomic E-state index is 11.5. The fraction of sp³-hybridized carbons (Fsp3) is 0.833. The quantitative estimate of drug-likeness (QED) is 0.526. The number of ether oxygens (including phenoxy) is 2. The first-order valence-corrected chi connectivity index (χ1v) is 6.32. The van der Waals surface area contributed by atoms with E-state index in [-0.39, 0.29) is 12.5 Å². The topological polar surface area (TPSA) is 96.9 Å². The van der Waals surface area contributed by atoms with Crippen molar-refractivity contribution in [3.63, 3.8) is 0 Å². The fourth-order valence-corrected chi connectivity index (χ4v) is 1.96. The molecule has 1 aliphatic heterocycles. The number of nitrogens with one attached hydrogen (secondary N) is 2. The van der Waals surface area contributed by atoms with E-state index in [1.165, 1.54) is 14.0 Å². The van der Waals surface area contributed by atoms with E-state index in [2.05, 4.69) is 15.4 Å². The van der Waals surface area contributed by atoms with Crippen LogP contribution < -0.4 is 10.6 Å². The lowest BCUT2D eigenvalue weighted by atomic mass is 9.94. The second kappa shape index (κ2) is 7.42. The Balaban J connectivity index is 2.38. The number of aliphatic hydroxyl groups is 1. The van der Waals surface area contributed by atoms with Gasteiger partial charge >= 0.3 is 5.97 Å². The zero-order chi connectivity index (χ0) is 14.3. The van der Waals surface area contributed by atoms with Gasteiger partial charge in [-0.3, -0.25) is 4.79 Å². The number of carbonyl (C=O) groups excluding carboxylic acids is 2. The minimum atomic E-state index is -0.810. The molecule has 7 nitrogen and oxygen atoms in total. The van der Waals surface area contributed by atoms with Crippen molar-refractivity contribution in [2.45, 2.75) is 31.4 Å².